The van der Waals surface area contributed by atoms with Gasteiger partial charge in [0, 0.05) is 42.6 Å². The molecule has 1 unspecified atom stereocenters. The number of nitrogens with one attached hydrogen (secondary N) is 3. The van der Waals surface area contributed by atoms with Gasteiger partial charge in [0.1, 0.15) is 5.82 Å². The van der Waals surface area contributed by atoms with Crippen molar-refractivity contribution in [2.75, 3.05) is 36.9 Å². The molecule has 29 heavy (non-hydrogen) atoms. The molecule has 1 amide bonds. The van der Waals surface area contributed by atoms with Crippen LogP contribution >= 0.6 is 35.6 Å². The summed E-state index contributed by atoms with van der Waals surface area (Å²) in [5.74, 6) is -0.124. The first-order valence-corrected chi connectivity index (χ1v) is 9.44. The SMILES string of the molecule is CN=C(NCC(=O)Nc1cccc(F)c1)NC1CCN(c2cccc(Cl)c2)C1.I. The molecule has 1 heterocycles. The van der Waals surface area contributed by atoms with Crippen molar-refractivity contribution in [2.45, 2.75) is 12.5 Å². The summed E-state index contributed by atoms with van der Waals surface area (Å²) in [6.07, 6.45) is 0.947. The first-order chi connectivity index (χ1) is 13.5. The molecule has 0 aliphatic carbocycles. The van der Waals surface area contributed by atoms with Gasteiger partial charge in [-0.05, 0) is 42.8 Å². The molecule has 2 aromatic carbocycles. The number of halogens is 3. The van der Waals surface area contributed by atoms with E-state index in [4.69, 9.17) is 11.6 Å². The highest BCUT2D eigenvalue weighted by Crippen LogP contribution is 2.23. The summed E-state index contributed by atoms with van der Waals surface area (Å²) in [4.78, 5) is 18.5. The Labute approximate surface area is 191 Å². The lowest BCUT2D eigenvalue weighted by molar-refractivity contribution is -0.115. The zero-order chi connectivity index (χ0) is 19.9. The van der Waals surface area contributed by atoms with E-state index in [1.807, 2.05) is 24.3 Å². The van der Waals surface area contributed by atoms with Crippen LogP contribution in [0.5, 0.6) is 0 Å². The molecule has 0 bridgehead atoms. The number of carbonyl (C=O) groups excluding carboxylic acids is 1. The van der Waals surface area contributed by atoms with E-state index < -0.39 is 5.82 Å². The highest BCUT2D eigenvalue weighted by molar-refractivity contribution is 14.0. The molecule has 1 aliphatic rings. The van der Waals surface area contributed by atoms with Crippen LogP contribution < -0.4 is 20.9 Å². The molecule has 2 aromatic rings. The second-order valence-electron chi connectivity index (χ2n) is 6.54. The molecule has 9 heteroatoms. The fourth-order valence-corrected chi connectivity index (χ4v) is 3.29. The Bertz CT molecular complexity index is 866. The minimum Gasteiger partial charge on any atom is -0.369 e. The van der Waals surface area contributed by atoms with Crippen molar-refractivity contribution in [3.05, 3.63) is 59.4 Å². The van der Waals surface area contributed by atoms with Crippen LogP contribution in [0.15, 0.2) is 53.5 Å². The Morgan fingerprint density at radius 2 is 2.07 bits per heavy atom. The molecule has 3 rings (SSSR count). The van der Waals surface area contributed by atoms with Gasteiger partial charge >= 0.3 is 0 Å². The average molecular weight is 532 g/mol. The molecule has 1 fully saturated rings. The number of anilines is 2. The number of carbonyl (C=O) groups is 1. The van der Waals surface area contributed by atoms with Crippen molar-refractivity contribution in [2.24, 2.45) is 4.99 Å². The van der Waals surface area contributed by atoms with Crippen molar-refractivity contribution in [1.29, 1.82) is 0 Å². The number of amides is 1. The Hall–Kier alpha value is -2.07. The Kier molecular flexibility index (Phi) is 8.97. The zero-order valence-corrected chi connectivity index (χ0v) is 19.1. The number of nitrogens with zero attached hydrogens (tertiary/aromatic N) is 2. The quantitative estimate of drug-likeness (QED) is 0.314. The van der Waals surface area contributed by atoms with Gasteiger partial charge < -0.3 is 20.9 Å². The predicted octanol–water partition coefficient (Wildman–Crippen LogP) is 3.48. The van der Waals surface area contributed by atoms with E-state index in [1.54, 1.807) is 19.2 Å². The van der Waals surface area contributed by atoms with E-state index in [0.717, 1.165) is 30.2 Å². The molecule has 0 spiro atoms. The molecule has 3 N–H and O–H groups in total. The summed E-state index contributed by atoms with van der Waals surface area (Å²) in [6.45, 7) is 1.76. The molecule has 1 saturated heterocycles. The van der Waals surface area contributed by atoms with Crippen molar-refractivity contribution >= 4 is 58.8 Å². The summed E-state index contributed by atoms with van der Waals surface area (Å²) in [5, 5.41) is 9.68. The highest BCUT2D eigenvalue weighted by Gasteiger charge is 2.23. The van der Waals surface area contributed by atoms with Gasteiger partial charge in [-0.15, -0.1) is 24.0 Å². The maximum atomic E-state index is 13.2. The molecule has 1 atom stereocenters. The van der Waals surface area contributed by atoms with Gasteiger partial charge in [0.05, 0.1) is 6.54 Å². The molecule has 1 aliphatic heterocycles. The minimum absolute atomic E-state index is 0. The number of guanidine groups is 1. The standard InChI is InChI=1S/C20H23ClFN5O.HI/c1-23-20(24-12-19(28)25-16-6-3-5-15(22)11-16)26-17-8-9-27(13-17)18-7-2-4-14(21)10-18;/h2-7,10-11,17H,8-9,12-13H2,1H3,(H,25,28)(H2,23,24,26);1H. The molecular weight excluding hydrogens is 508 g/mol. The number of aliphatic imine (C=N–C) groups is 1. The number of rotatable bonds is 5. The van der Waals surface area contributed by atoms with Crippen LogP contribution in [0.1, 0.15) is 6.42 Å². The second kappa shape index (κ2) is 11.2. The van der Waals surface area contributed by atoms with Gasteiger partial charge in [-0.2, -0.15) is 0 Å². The molecule has 156 valence electrons. The third-order valence-electron chi connectivity index (χ3n) is 4.45. The van der Waals surface area contributed by atoms with Crippen molar-refractivity contribution < 1.29 is 9.18 Å². The summed E-state index contributed by atoms with van der Waals surface area (Å²) in [7, 11) is 1.66. The van der Waals surface area contributed by atoms with Gasteiger partial charge in [0.25, 0.3) is 0 Å². The van der Waals surface area contributed by atoms with Crippen LogP contribution in [0.3, 0.4) is 0 Å². The smallest absolute Gasteiger partial charge is 0.243 e. The van der Waals surface area contributed by atoms with Crippen LogP contribution in [0.25, 0.3) is 0 Å². The first-order valence-electron chi connectivity index (χ1n) is 9.06. The predicted molar refractivity (Wildman–Crippen MR) is 127 cm³/mol. The Balaban J connectivity index is 0.00000300. The fraction of sp³-hybridized carbons (Fsp3) is 0.300. The van der Waals surface area contributed by atoms with Crippen LogP contribution in [0, 0.1) is 5.82 Å². The maximum Gasteiger partial charge on any atom is 0.243 e. The van der Waals surface area contributed by atoms with E-state index in [1.165, 1.54) is 12.1 Å². The van der Waals surface area contributed by atoms with Gasteiger partial charge in [-0.1, -0.05) is 23.7 Å². The molecular formula is C20H24ClFIN5O. The lowest BCUT2D eigenvalue weighted by atomic mass is 10.2. The maximum absolute atomic E-state index is 13.2. The van der Waals surface area contributed by atoms with Gasteiger partial charge in [-0.25, -0.2) is 4.39 Å². The van der Waals surface area contributed by atoms with E-state index in [9.17, 15) is 9.18 Å². The summed E-state index contributed by atoms with van der Waals surface area (Å²) in [6, 6.07) is 13.8. The van der Waals surface area contributed by atoms with E-state index in [0.29, 0.717) is 11.6 Å². The molecule has 6 nitrogen and oxygen atoms in total. The van der Waals surface area contributed by atoms with Crippen LogP contribution in [0.2, 0.25) is 5.02 Å². The second-order valence-corrected chi connectivity index (χ2v) is 6.98. The number of hydrogen-bond donors (Lipinski definition) is 3. The van der Waals surface area contributed by atoms with E-state index in [2.05, 4.69) is 25.8 Å². The molecule has 0 radical (unpaired) electrons. The lowest BCUT2D eigenvalue weighted by Crippen LogP contribution is -2.46. The van der Waals surface area contributed by atoms with Gasteiger partial charge in [0.2, 0.25) is 5.91 Å². The van der Waals surface area contributed by atoms with Crippen molar-refractivity contribution in [3.8, 4) is 0 Å². The Morgan fingerprint density at radius 1 is 1.28 bits per heavy atom. The summed E-state index contributed by atoms with van der Waals surface area (Å²) in [5.41, 5.74) is 1.51. The van der Waals surface area contributed by atoms with Crippen molar-refractivity contribution in [1.82, 2.24) is 10.6 Å². The largest absolute Gasteiger partial charge is 0.369 e. The minimum atomic E-state index is -0.395. The Morgan fingerprint density at radius 3 is 2.79 bits per heavy atom. The first kappa shape index (κ1) is 23.2. The van der Waals surface area contributed by atoms with E-state index in [-0.39, 0.29) is 42.5 Å². The highest BCUT2D eigenvalue weighted by atomic mass is 127. The van der Waals surface area contributed by atoms with Crippen LogP contribution in [0.4, 0.5) is 15.8 Å². The topological polar surface area (TPSA) is 68.8 Å². The monoisotopic (exact) mass is 531 g/mol. The lowest BCUT2D eigenvalue weighted by Gasteiger charge is -2.20. The van der Waals surface area contributed by atoms with Gasteiger partial charge in [0.15, 0.2) is 5.96 Å². The van der Waals surface area contributed by atoms with Crippen LogP contribution in [-0.4, -0.2) is 44.6 Å². The van der Waals surface area contributed by atoms with Crippen molar-refractivity contribution in [3.63, 3.8) is 0 Å². The zero-order valence-electron chi connectivity index (χ0n) is 16.0. The fourth-order valence-electron chi connectivity index (χ4n) is 3.11. The third kappa shape index (κ3) is 7.04. The molecule has 0 aromatic heterocycles. The van der Waals surface area contributed by atoms with E-state index >= 15 is 0 Å². The molecule has 0 saturated carbocycles. The number of benzene rings is 2. The van der Waals surface area contributed by atoms with Crippen LogP contribution in [-0.2, 0) is 4.79 Å². The summed E-state index contributed by atoms with van der Waals surface area (Å²) < 4.78 is 13.2. The average Bonchev–Trinajstić information content (AvgIpc) is 3.14. The number of hydrogen-bond acceptors (Lipinski definition) is 3. The third-order valence-corrected chi connectivity index (χ3v) is 4.69. The van der Waals surface area contributed by atoms with Gasteiger partial charge in [-0.3, -0.25) is 9.79 Å². The summed E-state index contributed by atoms with van der Waals surface area (Å²) >= 11 is 6.07. The normalized spacial score (nSPS) is 16.2.